The Morgan fingerprint density at radius 1 is 1.11 bits per heavy atom. The molecule has 0 amide bonds. The molecule has 2 heteroatoms. The van der Waals surface area contributed by atoms with Crippen LogP contribution >= 0.6 is 0 Å². The maximum Gasteiger partial charge on any atom is 0.0418 e. The van der Waals surface area contributed by atoms with E-state index in [9.17, 15) is 0 Å². The van der Waals surface area contributed by atoms with Gasteiger partial charge >= 0.3 is 0 Å². The van der Waals surface area contributed by atoms with E-state index < -0.39 is 0 Å². The number of hydrogen-bond acceptors (Lipinski definition) is 1. The van der Waals surface area contributed by atoms with E-state index in [-0.39, 0.29) is 0 Å². The van der Waals surface area contributed by atoms with Gasteiger partial charge in [-0.25, -0.2) is 0 Å². The summed E-state index contributed by atoms with van der Waals surface area (Å²) in [5.41, 5.74) is 6.70. The van der Waals surface area contributed by atoms with Crippen molar-refractivity contribution < 1.29 is 0 Å². The number of aromatic nitrogens is 1. The minimum Gasteiger partial charge on any atom is -0.381 e. The van der Waals surface area contributed by atoms with Crippen LogP contribution in [0.5, 0.6) is 0 Å². The maximum absolute atomic E-state index is 3.53. The second kappa shape index (κ2) is 5.96. The number of hydrogen-bond donors (Lipinski definition) is 1. The topological polar surface area (TPSA) is 17.0 Å². The highest BCUT2D eigenvalue weighted by molar-refractivity contribution is 5.46. The van der Waals surface area contributed by atoms with Crippen molar-refractivity contribution in [1.29, 1.82) is 0 Å². The van der Waals surface area contributed by atoms with Gasteiger partial charge < -0.3 is 9.88 Å². The molecule has 2 aromatic rings. The van der Waals surface area contributed by atoms with E-state index in [0.29, 0.717) is 0 Å². The van der Waals surface area contributed by atoms with E-state index in [1.54, 1.807) is 0 Å². The Morgan fingerprint density at radius 2 is 1.89 bits per heavy atom. The molecule has 1 aromatic carbocycles. The summed E-state index contributed by atoms with van der Waals surface area (Å²) in [6.45, 7) is 10.7. The summed E-state index contributed by atoms with van der Waals surface area (Å²) in [7, 11) is 0. The van der Waals surface area contributed by atoms with Crippen LogP contribution in [-0.4, -0.2) is 4.57 Å². The van der Waals surface area contributed by atoms with Crippen molar-refractivity contribution in [2.24, 2.45) is 0 Å². The van der Waals surface area contributed by atoms with Crippen molar-refractivity contribution >= 4 is 5.69 Å². The van der Waals surface area contributed by atoms with E-state index in [0.717, 1.165) is 19.5 Å². The molecule has 1 N–H and O–H groups in total. The molecule has 0 spiro atoms. The molecule has 102 valence electrons. The van der Waals surface area contributed by atoms with Crippen LogP contribution in [0.15, 0.2) is 30.3 Å². The molecular weight excluding hydrogens is 232 g/mol. The minimum absolute atomic E-state index is 0.896. The Morgan fingerprint density at radius 3 is 2.53 bits per heavy atom. The second-order valence-corrected chi connectivity index (χ2v) is 5.05. The van der Waals surface area contributed by atoms with E-state index in [1.807, 2.05) is 0 Å². The molecule has 0 radical (unpaired) electrons. The van der Waals surface area contributed by atoms with E-state index in [1.165, 1.54) is 28.2 Å². The lowest BCUT2D eigenvalue weighted by Gasteiger charge is -2.09. The van der Waals surface area contributed by atoms with Crippen LogP contribution in [0.4, 0.5) is 5.69 Å². The third-order valence-electron chi connectivity index (χ3n) is 3.81. The van der Waals surface area contributed by atoms with Crippen molar-refractivity contribution in [2.75, 3.05) is 5.32 Å². The summed E-state index contributed by atoms with van der Waals surface area (Å²) in [5.74, 6) is 0. The van der Waals surface area contributed by atoms with Gasteiger partial charge in [-0.05, 0) is 56.5 Å². The number of benzene rings is 1. The van der Waals surface area contributed by atoms with Crippen LogP contribution in [0, 0.1) is 13.8 Å². The fourth-order valence-electron chi connectivity index (χ4n) is 2.64. The van der Waals surface area contributed by atoms with Gasteiger partial charge in [0.2, 0.25) is 0 Å². The second-order valence-electron chi connectivity index (χ2n) is 5.05. The highest BCUT2D eigenvalue weighted by Crippen LogP contribution is 2.17. The van der Waals surface area contributed by atoms with Gasteiger partial charge in [0.25, 0.3) is 0 Å². The third-order valence-corrected chi connectivity index (χ3v) is 3.81. The summed E-state index contributed by atoms with van der Waals surface area (Å²) in [4.78, 5) is 0. The highest BCUT2D eigenvalue weighted by atomic mass is 15.0. The number of rotatable bonds is 5. The molecule has 2 nitrogen and oxygen atoms in total. The van der Waals surface area contributed by atoms with E-state index in [4.69, 9.17) is 0 Å². The SMILES string of the molecule is CCc1cccc(NCc2cc(C)n(CC)c2C)c1. The zero-order valence-corrected chi connectivity index (χ0v) is 12.5. The van der Waals surface area contributed by atoms with Crippen LogP contribution in [0.1, 0.15) is 36.4 Å². The smallest absolute Gasteiger partial charge is 0.0418 e. The molecule has 2 rings (SSSR count). The summed E-state index contributed by atoms with van der Waals surface area (Å²) < 4.78 is 2.36. The fourth-order valence-corrected chi connectivity index (χ4v) is 2.64. The lowest BCUT2D eigenvalue weighted by molar-refractivity contribution is 0.715. The van der Waals surface area contributed by atoms with Crippen LogP contribution in [0.2, 0.25) is 0 Å². The van der Waals surface area contributed by atoms with Crippen molar-refractivity contribution in [2.45, 2.75) is 47.2 Å². The Hall–Kier alpha value is -1.70. The van der Waals surface area contributed by atoms with Gasteiger partial charge in [-0.1, -0.05) is 19.1 Å². The monoisotopic (exact) mass is 256 g/mol. The largest absolute Gasteiger partial charge is 0.381 e. The summed E-state index contributed by atoms with van der Waals surface area (Å²) >= 11 is 0. The molecule has 0 aliphatic heterocycles. The van der Waals surface area contributed by atoms with E-state index >= 15 is 0 Å². The Balaban J connectivity index is 2.10. The first-order valence-electron chi connectivity index (χ1n) is 7.14. The molecule has 0 unspecified atom stereocenters. The van der Waals surface area contributed by atoms with Gasteiger partial charge in [-0.2, -0.15) is 0 Å². The first kappa shape index (κ1) is 13.7. The zero-order chi connectivity index (χ0) is 13.8. The van der Waals surface area contributed by atoms with E-state index in [2.05, 4.69) is 67.9 Å². The molecule has 0 bridgehead atoms. The molecule has 0 aliphatic carbocycles. The molecule has 0 fully saturated rings. The average molecular weight is 256 g/mol. The van der Waals surface area contributed by atoms with Crippen LogP contribution in [0.25, 0.3) is 0 Å². The first-order chi connectivity index (χ1) is 9.15. The lowest BCUT2D eigenvalue weighted by Crippen LogP contribution is -2.03. The maximum atomic E-state index is 3.53. The molecule has 1 aromatic heterocycles. The van der Waals surface area contributed by atoms with Crippen LogP contribution in [0.3, 0.4) is 0 Å². The third kappa shape index (κ3) is 3.01. The standard InChI is InChI=1S/C17H24N2/c1-5-15-8-7-9-17(11-15)18-12-16-10-13(3)19(6-2)14(16)4/h7-11,18H,5-6,12H2,1-4H3. The van der Waals surface area contributed by atoms with Gasteiger partial charge in [0.05, 0.1) is 0 Å². The Bertz CT molecular complexity index is 552. The molecule has 0 saturated heterocycles. The molecule has 19 heavy (non-hydrogen) atoms. The van der Waals surface area contributed by atoms with Crippen LogP contribution in [-0.2, 0) is 19.5 Å². The van der Waals surface area contributed by atoms with Gasteiger partial charge in [-0.3, -0.25) is 0 Å². The van der Waals surface area contributed by atoms with Gasteiger partial charge in [-0.15, -0.1) is 0 Å². The van der Waals surface area contributed by atoms with Crippen molar-refractivity contribution in [3.05, 3.63) is 52.8 Å². The molecule has 0 saturated carbocycles. The molecule has 0 aliphatic rings. The summed E-state index contributed by atoms with van der Waals surface area (Å²) in [6, 6.07) is 11.0. The Labute approximate surface area is 116 Å². The quantitative estimate of drug-likeness (QED) is 0.844. The summed E-state index contributed by atoms with van der Waals surface area (Å²) in [6.07, 6.45) is 1.08. The highest BCUT2D eigenvalue weighted by Gasteiger charge is 2.07. The Kier molecular flexibility index (Phi) is 4.31. The minimum atomic E-state index is 0.896. The number of nitrogens with zero attached hydrogens (tertiary/aromatic N) is 1. The van der Waals surface area contributed by atoms with Gasteiger partial charge in [0.15, 0.2) is 0 Å². The predicted molar refractivity (Wildman–Crippen MR) is 82.7 cm³/mol. The first-order valence-corrected chi connectivity index (χ1v) is 7.14. The zero-order valence-electron chi connectivity index (χ0n) is 12.5. The number of anilines is 1. The number of nitrogens with one attached hydrogen (secondary N) is 1. The fraction of sp³-hybridized carbons (Fsp3) is 0.412. The molecular formula is C17H24N2. The van der Waals surface area contributed by atoms with Gasteiger partial charge in [0.1, 0.15) is 0 Å². The normalized spacial score (nSPS) is 10.7. The number of aryl methyl sites for hydroxylation is 2. The molecule has 0 atom stereocenters. The predicted octanol–water partition coefficient (Wildman–Crippen LogP) is 4.30. The lowest BCUT2D eigenvalue weighted by atomic mass is 10.1. The summed E-state index contributed by atoms with van der Waals surface area (Å²) in [5, 5.41) is 3.53. The molecule has 1 heterocycles. The van der Waals surface area contributed by atoms with Crippen molar-refractivity contribution in [1.82, 2.24) is 4.57 Å². The van der Waals surface area contributed by atoms with Crippen molar-refractivity contribution in [3.63, 3.8) is 0 Å². The van der Waals surface area contributed by atoms with Crippen molar-refractivity contribution in [3.8, 4) is 0 Å². The van der Waals surface area contributed by atoms with Crippen LogP contribution < -0.4 is 5.32 Å². The van der Waals surface area contributed by atoms with Gasteiger partial charge in [0, 0.05) is 30.2 Å². The average Bonchev–Trinajstić information content (AvgIpc) is 2.71.